The normalized spacial score (nSPS) is 16.8. The lowest BCUT2D eigenvalue weighted by molar-refractivity contribution is -0.189. The molecule has 1 aliphatic heterocycles. The van der Waals surface area contributed by atoms with Gasteiger partial charge in [-0.25, -0.2) is 4.39 Å². The van der Waals surface area contributed by atoms with Gasteiger partial charge in [0.25, 0.3) is 0 Å². The van der Waals surface area contributed by atoms with Crippen LogP contribution < -0.4 is 10.1 Å². The average molecular weight is 228 g/mol. The summed E-state index contributed by atoms with van der Waals surface area (Å²) in [5.74, 6) is -3.06. The summed E-state index contributed by atoms with van der Waals surface area (Å²) in [5.41, 5.74) is -0.692. The van der Waals surface area contributed by atoms with Gasteiger partial charge >= 0.3 is 12.0 Å². The van der Waals surface area contributed by atoms with Crippen molar-refractivity contribution < 1.29 is 22.7 Å². The van der Waals surface area contributed by atoms with Crippen LogP contribution in [0.3, 0.4) is 0 Å². The fourth-order valence-corrected chi connectivity index (χ4v) is 1.25. The van der Waals surface area contributed by atoms with Crippen LogP contribution in [0.15, 0.2) is 12.1 Å². The molecule has 0 aliphatic carbocycles. The number of rotatable bonds is 0. The molecule has 0 spiro atoms. The molecule has 16 heavy (non-hydrogen) atoms. The zero-order chi connectivity index (χ0) is 11.9. The molecule has 4 nitrogen and oxygen atoms in total. The van der Waals surface area contributed by atoms with E-state index in [-0.39, 0.29) is 5.69 Å². The number of amides is 1. The van der Waals surface area contributed by atoms with Crippen molar-refractivity contribution in [1.82, 2.24) is 0 Å². The minimum atomic E-state index is -4.06. The maximum Gasteiger partial charge on any atom is 0.482 e. The largest absolute Gasteiger partial charge is 0.482 e. The summed E-state index contributed by atoms with van der Waals surface area (Å²) in [7, 11) is 0. The molecule has 1 aromatic rings. The summed E-state index contributed by atoms with van der Waals surface area (Å²) in [6, 6.07) is 3.04. The highest BCUT2D eigenvalue weighted by molar-refractivity contribution is 5.99. The Bertz CT molecular complexity index is 522. The molecule has 2 rings (SSSR count). The highest BCUT2D eigenvalue weighted by atomic mass is 19.3. The van der Waals surface area contributed by atoms with Crippen LogP contribution >= 0.6 is 0 Å². The van der Waals surface area contributed by atoms with Crippen molar-refractivity contribution in [3.63, 3.8) is 0 Å². The molecule has 0 atom stereocenters. The predicted molar refractivity (Wildman–Crippen MR) is 45.3 cm³/mol. The van der Waals surface area contributed by atoms with E-state index in [1.165, 1.54) is 6.07 Å². The molecule has 1 N–H and O–H groups in total. The van der Waals surface area contributed by atoms with Gasteiger partial charge in [0, 0.05) is 6.07 Å². The van der Waals surface area contributed by atoms with Crippen molar-refractivity contribution in [3.05, 3.63) is 23.5 Å². The first-order valence-electron chi connectivity index (χ1n) is 4.06. The van der Waals surface area contributed by atoms with Crippen molar-refractivity contribution >= 4 is 11.6 Å². The van der Waals surface area contributed by atoms with Crippen LogP contribution in [-0.4, -0.2) is 12.0 Å². The first-order valence-corrected chi connectivity index (χ1v) is 4.06. The van der Waals surface area contributed by atoms with Crippen LogP contribution in [-0.2, 0) is 4.79 Å². The zero-order valence-corrected chi connectivity index (χ0v) is 7.55. The number of carbonyl (C=O) groups excluding carboxylic acids is 1. The zero-order valence-electron chi connectivity index (χ0n) is 7.55. The van der Waals surface area contributed by atoms with Crippen LogP contribution in [0.5, 0.6) is 5.75 Å². The minimum absolute atomic E-state index is 0.285. The summed E-state index contributed by atoms with van der Waals surface area (Å²) >= 11 is 0. The Kier molecular flexibility index (Phi) is 2.01. The highest BCUT2D eigenvalue weighted by Gasteiger charge is 2.47. The predicted octanol–water partition coefficient (Wildman–Crippen LogP) is 1.62. The smallest absolute Gasteiger partial charge is 0.422 e. The fourth-order valence-electron chi connectivity index (χ4n) is 1.25. The number of anilines is 1. The summed E-state index contributed by atoms with van der Waals surface area (Å²) in [4.78, 5) is 10.8. The number of nitrogens with one attached hydrogen (secondary N) is 1. The van der Waals surface area contributed by atoms with E-state index >= 15 is 0 Å². The molecule has 1 amide bonds. The minimum Gasteiger partial charge on any atom is -0.422 e. The van der Waals surface area contributed by atoms with Gasteiger partial charge in [0.15, 0.2) is 5.75 Å². The standard InChI is InChI=1S/C9H3F3N2O2/c10-5-1-4(3-13)7-6(2-5)14-8(15)9(11,12)16-7/h1-2H,(H,14,15). The highest BCUT2D eigenvalue weighted by Crippen LogP contribution is 2.38. The lowest BCUT2D eigenvalue weighted by Crippen LogP contribution is -2.43. The number of ether oxygens (including phenoxy) is 1. The summed E-state index contributed by atoms with van der Waals surface area (Å²) < 4.78 is 42.7. The Morgan fingerprint density at radius 3 is 2.75 bits per heavy atom. The SMILES string of the molecule is N#Cc1cc(F)cc2c1OC(F)(F)C(=O)N2. The van der Waals surface area contributed by atoms with E-state index in [2.05, 4.69) is 4.74 Å². The van der Waals surface area contributed by atoms with Crippen LogP contribution in [0.4, 0.5) is 18.9 Å². The molecule has 82 valence electrons. The molecular formula is C9H3F3N2O2. The van der Waals surface area contributed by atoms with Gasteiger partial charge in [-0.2, -0.15) is 14.0 Å². The van der Waals surface area contributed by atoms with Crippen LogP contribution in [0.2, 0.25) is 0 Å². The third-order valence-corrected chi connectivity index (χ3v) is 1.92. The number of alkyl halides is 2. The molecule has 0 unspecified atom stereocenters. The number of benzene rings is 1. The number of carbonyl (C=O) groups is 1. The molecular weight excluding hydrogens is 225 g/mol. The fraction of sp³-hybridized carbons (Fsp3) is 0.111. The van der Waals surface area contributed by atoms with Crippen molar-refractivity contribution in [2.24, 2.45) is 0 Å². The van der Waals surface area contributed by atoms with Crippen molar-refractivity contribution in [2.75, 3.05) is 5.32 Å². The van der Waals surface area contributed by atoms with Gasteiger partial charge in [-0.05, 0) is 6.07 Å². The van der Waals surface area contributed by atoms with E-state index in [0.717, 1.165) is 12.1 Å². The maximum atomic E-state index is 12.9. The number of nitriles is 1. The lowest BCUT2D eigenvalue weighted by Gasteiger charge is -2.25. The van der Waals surface area contributed by atoms with Gasteiger partial charge in [0.1, 0.15) is 11.9 Å². The quantitative estimate of drug-likeness (QED) is 0.733. The number of nitrogens with zero attached hydrogens (tertiary/aromatic N) is 1. The van der Waals surface area contributed by atoms with Gasteiger partial charge in [0.05, 0.1) is 11.3 Å². The Morgan fingerprint density at radius 1 is 1.44 bits per heavy atom. The van der Waals surface area contributed by atoms with E-state index < -0.39 is 29.1 Å². The number of fused-ring (bicyclic) bond motifs is 1. The summed E-state index contributed by atoms with van der Waals surface area (Å²) in [6.07, 6.45) is -4.06. The number of hydrogen-bond donors (Lipinski definition) is 1. The molecule has 0 saturated heterocycles. The molecule has 1 heterocycles. The third kappa shape index (κ3) is 1.44. The second kappa shape index (κ2) is 3.13. The molecule has 0 saturated carbocycles. The summed E-state index contributed by atoms with van der Waals surface area (Å²) in [6.45, 7) is 0. The molecule has 0 aromatic heterocycles. The van der Waals surface area contributed by atoms with Crippen molar-refractivity contribution in [3.8, 4) is 11.8 Å². The monoisotopic (exact) mass is 228 g/mol. The number of halogens is 3. The Hall–Kier alpha value is -2.23. The van der Waals surface area contributed by atoms with Gasteiger partial charge in [-0.3, -0.25) is 4.79 Å². The third-order valence-electron chi connectivity index (χ3n) is 1.92. The van der Waals surface area contributed by atoms with E-state index in [1.807, 2.05) is 0 Å². The van der Waals surface area contributed by atoms with E-state index in [4.69, 9.17) is 5.26 Å². The molecule has 0 bridgehead atoms. The van der Waals surface area contributed by atoms with Gasteiger partial charge in [-0.15, -0.1) is 0 Å². The maximum absolute atomic E-state index is 12.9. The first kappa shape index (κ1) is 10.3. The van der Waals surface area contributed by atoms with E-state index in [1.54, 1.807) is 5.32 Å². The lowest BCUT2D eigenvalue weighted by atomic mass is 10.1. The Labute approximate surface area is 87.2 Å². The Morgan fingerprint density at radius 2 is 2.12 bits per heavy atom. The second-order valence-electron chi connectivity index (χ2n) is 3.01. The van der Waals surface area contributed by atoms with E-state index in [9.17, 15) is 18.0 Å². The Balaban J connectivity index is 2.61. The van der Waals surface area contributed by atoms with E-state index in [0.29, 0.717) is 0 Å². The summed E-state index contributed by atoms with van der Waals surface area (Å²) in [5, 5.41) is 10.4. The average Bonchev–Trinajstić information content (AvgIpc) is 2.19. The molecule has 0 radical (unpaired) electrons. The second-order valence-corrected chi connectivity index (χ2v) is 3.01. The molecule has 1 aliphatic rings. The molecule has 7 heteroatoms. The van der Waals surface area contributed by atoms with Gasteiger partial charge in [-0.1, -0.05) is 0 Å². The first-order chi connectivity index (χ1) is 7.44. The van der Waals surface area contributed by atoms with Crippen LogP contribution in [0, 0.1) is 17.1 Å². The molecule has 1 aromatic carbocycles. The van der Waals surface area contributed by atoms with Crippen molar-refractivity contribution in [1.29, 1.82) is 5.26 Å². The van der Waals surface area contributed by atoms with Gasteiger partial charge in [0.2, 0.25) is 0 Å². The topological polar surface area (TPSA) is 62.1 Å². The molecule has 0 fully saturated rings. The van der Waals surface area contributed by atoms with Gasteiger partial charge < -0.3 is 10.1 Å². The van der Waals surface area contributed by atoms with Crippen molar-refractivity contribution in [2.45, 2.75) is 6.11 Å². The number of hydrogen-bond acceptors (Lipinski definition) is 3. The van der Waals surface area contributed by atoms with Crippen LogP contribution in [0.1, 0.15) is 5.56 Å². The van der Waals surface area contributed by atoms with Crippen LogP contribution in [0.25, 0.3) is 0 Å².